The number of rotatable bonds is 7. The van der Waals surface area contributed by atoms with Crippen LogP contribution in [0.3, 0.4) is 0 Å². The van der Waals surface area contributed by atoms with Crippen LogP contribution in [-0.2, 0) is 11.0 Å². The van der Waals surface area contributed by atoms with Gasteiger partial charge in [0.1, 0.15) is 5.52 Å². The molecule has 8 nitrogen and oxygen atoms in total. The van der Waals surface area contributed by atoms with Gasteiger partial charge in [0.2, 0.25) is 11.8 Å². The standard InChI is InChI=1S/C29H30F3N5O3/c1-18(38)24-15-22(33-2)16-25-27(24)40-28(35-25)19-3-7-21(8-4-19)34-26(39)17-36-11-13-37(14-12-36)23-9-5-20(6-10-23)29(30,31)32/h3-10,15-16,18,33,38H,11-14,17H2,1-2H3,(H,34,39). The molecule has 1 atom stereocenters. The summed E-state index contributed by atoms with van der Waals surface area (Å²) < 4.78 is 44.4. The highest BCUT2D eigenvalue weighted by Crippen LogP contribution is 2.33. The van der Waals surface area contributed by atoms with E-state index in [0.29, 0.717) is 54.4 Å². The Morgan fingerprint density at radius 3 is 2.30 bits per heavy atom. The Balaban J connectivity index is 1.16. The second-order valence-corrected chi connectivity index (χ2v) is 9.79. The maximum Gasteiger partial charge on any atom is 0.416 e. The number of hydrogen-bond donors (Lipinski definition) is 3. The van der Waals surface area contributed by atoms with E-state index in [2.05, 4.69) is 15.6 Å². The van der Waals surface area contributed by atoms with Gasteiger partial charge in [-0.25, -0.2) is 4.98 Å². The summed E-state index contributed by atoms with van der Waals surface area (Å²) >= 11 is 0. The minimum absolute atomic E-state index is 0.154. The fourth-order valence-electron chi connectivity index (χ4n) is 4.76. The molecule has 3 aromatic carbocycles. The number of nitrogens with one attached hydrogen (secondary N) is 2. The predicted molar refractivity (Wildman–Crippen MR) is 148 cm³/mol. The zero-order valence-corrected chi connectivity index (χ0v) is 22.1. The Kier molecular flexibility index (Phi) is 7.68. The van der Waals surface area contributed by atoms with Crippen molar-refractivity contribution in [3.8, 4) is 11.5 Å². The number of carbonyl (C=O) groups is 1. The lowest BCUT2D eigenvalue weighted by atomic mass is 10.1. The molecule has 1 saturated heterocycles. The van der Waals surface area contributed by atoms with E-state index in [4.69, 9.17) is 4.42 Å². The molecule has 2 heterocycles. The molecule has 1 fully saturated rings. The van der Waals surface area contributed by atoms with E-state index in [-0.39, 0.29) is 12.5 Å². The molecule has 1 aliphatic rings. The van der Waals surface area contributed by atoms with Crippen molar-refractivity contribution in [1.29, 1.82) is 0 Å². The van der Waals surface area contributed by atoms with E-state index in [1.54, 1.807) is 26.1 Å². The van der Waals surface area contributed by atoms with Crippen LogP contribution in [-0.4, -0.2) is 60.7 Å². The third-order valence-electron chi connectivity index (χ3n) is 6.97. The number of fused-ring (bicyclic) bond motifs is 1. The number of anilines is 3. The first-order valence-corrected chi connectivity index (χ1v) is 13.0. The molecule has 1 aromatic heterocycles. The van der Waals surface area contributed by atoms with Gasteiger partial charge in [0.25, 0.3) is 0 Å². The lowest BCUT2D eigenvalue weighted by molar-refractivity contribution is -0.137. The van der Waals surface area contributed by atoms with Crippen molar-refractivity contribution in [2.24, 2.45) is 0 Å². The van der Waals surface area contributed by atoms with Gasteiger partial charge in [-0.1, -0.05) is 0 Å². The Hall–Kier alpha value is -4.09. The molecule has 4 aromatic rings. The predicted octanol–water partition coefficient (Wildman–Crippen LogP) is 5.37. The topological polar surface area (TPSA) is 93.9 Å². The number of aliphatic hydroxyl groups is 1. The molecule has 5 rings (SSSR count). The molecule has 1 aliphatic heterocycles. The van der Waals surface area contributed by atoms with Crippen molar-refractivity contribution in [1.82, 2.24) is 9.88 Å². The highest BCUT2D eigenvalue weighted by molar-refractivity contribution is 5.92. The average molecular weight is 554 g/mol. The number of hydrogen-bond acceptors (Lipinski definition) is 7. The lowest BCUT2D eigenvalue weighted by Crippen LogP contribution is -2.48. The fourth-order valence-corrected chi connectivity index (χ4v) is 4.76. The van der Waals surface area contributed by atoms with Gasteiger partial charge in [-0.15, -0.1) is 0 Å². The number of aromatic nitrogens is 1. The Labute approximate surface area is 229 Å². The zero-order valence-electron chi connectivity index (χ0n) is 22.1. The maximum absolute atomic E-state index is 12.8. The first-order valence-electron chi connectivity index (χ1n) is 13.0. The lowest BCUT2D eigenvalue weighted by Gasteiger charge is -2.35. The number of amides is 1. The number of benzene rings is 3. The van der Waals surface area contributed by atoms with Gasteiger partial charge >= 0.3 is 6.18 Å². The van der Waals surface area contributed by atoms with Crippen molar-refractivity contribution in [2.75, 3.05) is 55.3 Å². The molecule has 0 radical (unpaired) electrons. The molecule has 0 bridgehead atoms. The molecular weight excluding hydrogens is 523 g/mol. The molecule has 11 heteroatoms. The van der Waals surface area contributed by atoms with Crippen molar-refractivity contribution >= 4 is 34.1 Å². The van der Waals surface area contributed by atoms with Gasteiger partial charge in [-0.2, -0.15) is 13.2 Å². The van der Waals surface area contributed by atoms with Crippen LogP contribution in [0.2, 0.25) is 0 Å². The van der Waals surface area contributed by atoms with Gasteiger partial charge in [0.15, 0.2) is 5.58 Å². The van der Waals surface area contributed by atoms with Crippen LogP contribution in [0.15, 0.2) is 65.1 Å². The SMILES string of the molecule is CNc1cc(C(C)O)c2oc(-c3ccc(NC(=O)CN4CCN(c5ccc(C(F)(F)F)cc5)CC4)cc3)nc2c1. The van der Waals surface area contributed by atoms with Crippen LogP contribution in [0.4, 0.5) is 30.2 Å². The molecule has 0 saturated carbocycles. The maximum atomic E-state index is 12.8. The monoisotopic (exact) mass is 553 g/mol. The highest BCUT2D eigenvalue weighted by Gasteiger charge is 2.30. The van der Waals surface area contributed by atoms with Crippen molar-refractivity contribution in [3.63, 3.8) is 0 Å². The summed E-state index contributed by atoms with van der Waals surface area (Å²) in [6.07, 6.45) is -5.07. The molecule has 0 aliphatic carbocycles. The molecule has 210 valence electrons. The molecule has 3 N–H and O–H groups in total. The minimum Gasteiger partial charge on any atom is -0.436 e. The van der Waals surface area contributed by atoms with Crippen molar-refractivity contribution < 1.29 is 27.5 Å². The van der Waals surface area contributed by atoms with E-state index in [0.717, 1.165) is 29.1 Å². The molecule has 0 spiro atoms. The second-order valence-electron chi connectivity index (χ2n) is 9.79. The summed E-state index contributed by atoms with van der Waals surface area (Å²) in [5, 5.41) is 16.1. The Bertz CT molecular complexity index is 1480. The second kappa shape index (κ2) is 11.2. The zero-order chi connectivity index (χ0) is 28.4. The summed E-state index contributed by atoms with van der Waals surface area (Å²) in [6.45, 7) is 4.36. The van der Waals surface area contributed by atoms with Crippen LogP contribution in [0.25, 0.3) is 22.6 Å². The molecule has 1 unspecified atom stereocenters. The Morgan fingerprint density at radius 1 is 1.02 bits per heavy atom. The van der Waals surface area contributed by atoms with E-state index in [1.165, 1.54) is 12.1 Å². The normalized spacial score (nSPS) is 15.3. The minimum atomic E-state index is -4.35. The third kappa shape index (κ3) is 6.05. The van der Waals surface area contributed by atoms with Crippen LogP contribution in [0, 0.1) is 0 Å². The average Bonchev–Trinajstić information content (AvgIpc) is 3.37. The number of nitrogens with zero attached hydrogens (tertiary/aromatic N) is 3. The fraction of sp³-hybridized carbons (Fsp3) is 0.310. The van der Waals surface area contributed by atoms with Gasteiger partial charge in [-0.05, 0) is 67.6 Å². The molecule has 1 amide bonds. The van der Waals surface area contributed by atoms with Crippen LogP contribution in [0.5, 0.6) is 0 Å². The summed E-state index contributed by atoms with van der Waals surface area (Å²) in [6, 6.07) is 16.0. The number of oxazole rings is 1. The number of alkyl halides is 3. The van der Waals surface area contributed by atoms with Crippen LogP contribution >= 0.6 is 0 Å². The third-order valence-corrected chi connectivity index (χ3v) is 6.97. The van der Waals surface area contributed by atoms with E-state index in [9.17, 15) is 23.1 Å². The summed E-state index contributed by atoms with van der Waals surface area (Å²) in [7, 11) is 1.80. The molecule has 40 heavy (non-hydrogen) atoms. The quantitative estimate of drug-likeness (QED) is 0.283. The largest absolute Gasteiger partial charge is 0.436 e. The number of aliphatic hydroxyl groups excluding tert-OH is 1. The Morgan fingerprint density at radius 2 is 1.70 bits per heavy atom. The first-order chi connectivity index (χ1) is 19.1. The smallest absolute Gasteiger partial charge is 0.416 e. The van der Waals surface area contributed by atoms with Gasteiger partial charge in [-0.3, -0.25) is 9.69 Å². The van der Waals surface area contributed by atoms with Crippen LogP contribution in [0.1, 0.15) is 24.2 Å². The summed E-state index contributed by atoms with van der Waals surface area (Å²) in [5.41, 5.74) is 4.06. The summed E-state index contributed by atoms with van der Waals surface area (Å²) in [4.78, 5) is 21.3. The highest BCUT2D eigenvalue weighted by atomic mass is 19.4. The van der Waals surface area contributed by atoms with E-state index >= 15 is 0 Å². The summed E-state index contributed by atoms with van der Waals surface area (Å²) in [5.74, 6) is 0.257. The van der Waals surface area contributed by atoms with Crippen molar-refractivity contribution in [3.05, 3.63) is 71.8 Å². The number of halogens is 3. The van der Waals surface area contributed by atoms with Gasteiger partial charge < -0.3 is 25.1 Å². The number of piperazine rings is 1. The molecular formula is C29H30F3N5O3. The van der Waals surface area contributed by atoms with E-state index < -0.39 is 17.8 Å². The first kappa shape index (κ1) is 27.5. The number of carbonyl (C=O) groups excluding carboxylic acids is 1. The van der Waals surface area contributed by atoms with Gasteiger partial charge in [0.05, 0.1) is 18.2 Å². The van der Waals surface area contributed by atoms with Crippen LogP contribution < -0.4 is 15.5 Å². The van der Waals surface area contributed by atoms with E-state index in [1.807, 2.05) is 34.1 Å². The van der Waals surface area contributed by atoms with Gasteiger partial charge in [0, 0.05) is 61.4 Å². The van der Waals surface area contributed by atoms with Crippen molar-refractivity contribution in [2.45, 2.75) is 19.2 Å².